The molecule has 1 aromatic heterocycles. The van der Waals surface area contributed by atoms with Crippen LogP contribution < -0.4 is 0 Å². The lowest BCUT2D eigenvalue weighted by Crippen LogP contribution is -2.35. The third-order valence-corrected chi connectivity index (χ3v) is 4.98. The molecule has 0 saturated heterocycles. The number of aryl methyl sites for hydroxylation is 1. The van der Waals surface area contributed by atoms with Gasteiger partial charge in [0.15, 0.2) is 0 Å². The van der Waals surface area contributed by atoms with Crippen molar-refractivity contribution in [2.24, 2.45) is 0 Å². The van der Waals surface area contributed by atoms with E-state index in [0.29, 0.717) is 17.0 Å². The molecule has 2 rings (SSSR count). The summed E-state index contributed by atoms with van der Waals surface area (Å²) in [5.74, 6) is 0. The molecule has 0 unspecified atom stereocenters. The average molecular weight is 547 g/mol. The van der Waals surface area contributed by atoms with Crippen molar-refractivity contribution in [1.29, 1.82) is 0 Å². The predicted molar refractivity (Wildman–Crippen MR) is 108 cm³/mol. The van der Waals surface area contributed by atoms with E-state index in [2.05, 4.69) is 42.2 Å². The van der Waals surface area contributed by atoms with Crippen molar-refractivity contribution >= 4 is 58.0 Å². The lowest BCUT2D eigenvalue weighted by Gasteiger charge is -2.22. The van der Waals surface area contributed by atoms with E-state index < -0.39 is 10.0 Å². The van der Waals surface area contributed by atoms with Crippen molar-refractivity contribution in [2.45, 2.75) is 11.8 Å². The van der Waals surface area contributed by atoms with E-state index in [4.69, 9.17) is 0 Å². The highest BCUT2D eigenvalue weighted by atomic mass is 128. The summed E-state index contributed by atoms with van der Waals surface area (Å²) in [6, 6.07) is 7.04. The molecule has 0 bridgehead atoms. The van der Waals surface area contributed by atoms with Crippen LogP contribution in [0, 0.1) is 6.92 Å². The number of sulfonamides is 1. The predicted octanol–water partition coefficient (Wildman–Crippen LogP) is 3.45. The molecule has 122 valence electrons. The highest BCUT2D eigenvalue weighted by Gasteiger charge is 2.23. The van der Waals surface area contributed by atoms with E-state index in [-0.39, 0.29) is 0 Å². The summed E-state index contributed by atoms with van der Waals surface area (Å²) in [6.45, 7) is 2.21. The molecule has 0 N–H and O–H groups in total. The molecule has 0 radical (unpaired) electrons. The second-order valence-corrected chi connectivity index (χ2v) is 7.08. The van der Waals surface area contributed by atoms with Gasteiger partial charge in [-0.05, 0) is 33.2 Å². The molecule has 22 heavy (non-hydrogen) atoms. The minimum absolute atomic E-state index is 0.324. The molecule has 0 aliphatic rings. The van der Waals surface area contributed by atoms with Crippen molar-refractivity contribution in [3.05, 3.63) is 36.2 Å². The molecule has 1 aromatic carbocycles. The summed E-state index contributed by atoms with van der Waals surface area (Å²) in [5, 5.41) is 1.58. The van der Waals surface area contributed by atoms with Crippen molar-refractivity contribution in [2.75, 3.05) is 27.8 Å². The minimum Gasteiger partial charge on any atom is -0.296 e. The van der Waals surface area contributed by atoms with Gasteiger partial charge in [0.05, 0.1) is 11.6 Å². The highest BCUT2D eigenvalue weighted by Crippen LogP contribution is 2.26. The molecule has 0 aliphatic carbocycles. The third kappa shape index (κ3) is 4.49. The fraction of sp³-hybridized carbons (Fsp3) is 0.357. The topological polar surface area (TPSA) is 53.5 Å². The summed E-state index contributed by atoms with van der Waals surface area (Å²) in [5.41, 5.74) is 0.829. The Bertz CT molecular complexity index is 736. The van der Waals surface area contributed by atoms with Crippen molar-refractivity contribution in [3.63, 3.8) is 0 Å². The van der Waals surface area contributed by atoms with Crippen LogP contribution in [0.25, 0.3) is 10.8 Å². The highest BCUT2D eigenvalue weighted by molar-refractivity contribution is 15.0. The number of fused-ring (bicyclic) bond motifs is 1. The van der Waals surface area contributed by atoms with Gasteiger partial charge >= 0.3 is 0 Å². The number of benzene rings is 1. The molecule has 5 nitrogen and oxygen atoms in total. The average Bonchev–Trinajstić information content (AvgIpc) is 2.48. The molecule has 8 heteroatoms. The Morgan fingerprint density at radius 2 is 1.73 bits per heavy atom. The number of rotatable bonds is 4. The van der Waals surface area contributed by atoms with Crippen LogP contribution in [0.1, 0.15) is 5.69 Å². The van der Waals surface area contributed by atoms with Gasteiger partial charge in [-0.25, -0.2) is 8.42 Å². The Morgan fingerprint density at radius 1 is 1.09 bits per heavy atom. The molecular weight excluding hydrogens is 528 g/mol. The molecule has 0 fully saturated rings. The number of nitrogens with zero attached hydrogens (tertiary/aromatic N) is 3. The Kier molecular flexibility index (Phi) is 7.92. The van der Waals surface area contributed by atoms with Crippen molar-refractivity contribution in [3.8, 4) is 0 Å². The van der Waals surface area contributed by atoms with Gasteiger partial charge in [0.2, 0.25) is 10.0 Å². The smallest absolute Gasteiger partial charge is 0.244 e. The minimum atomic E-state index is -3.51. The van der Waals surface area contributed by atoms with Gasteiger partial charge in [-0.15, -0.1) is 0 Å². The second-order valence-electron chi connectivity index (χ2n) is 5.07. The lowest BCUT2D eigenvalue weighted by molar-refractivity contribution is 0.295. The molecule has 0 spiro atoms. The first-order chi connectivity index (χ1) is 10.3. The number of halogens is 2. The normalized spacial score (nSPS) is 11.6. The monoisotopic (exact) mass is 547 g/mol. The largest absolute Gasteiger partial charge is 0.296 e. The molecule has 0 amide bonds. The molecular formula is C14H19I2N3O2S. The lowest BCUT2D eigenvalue weighted by atomic mass is 10.1. The maximum atomic E-state index is 12.7. The summed E-state index contributed by atoms with van der Waals surface area (Å²) in [7, 11) is 1.75. The molecule has 0 saturated carbocycles. The molecule has 2 aromatic rings. The third-order valence-electron chi connectivity index (χ3n) is 3.14. The fourth-order valence-corrected chi connectivity index (χ4v) is 3.62. The van der Waals surface area contributed by atoms with E-state index in [1.54, 1.807) is 31.4 Å². The van der Waals surface area contributed by atoms with Crippen LogP contribution in [0.3, 0.4) is 0 Å². The van der Waals surface area contributed by atoms with E-state index >= 15 is 0 Å². The van der Waals surface area contributed by atoms with Crippen LogP contribution in [-0.2, 0) is 10.0 Å². The van der Waals surface area contributed by atoms with Crippen LogP contribution in [0.5, 0.6) is 0 Å². The second kappa shape index (κ2) is 8.71. The van der Waals surface area contributed by atoms with Crippen LogP contribution in [0.4, 0.5) is 0 Å². The first kappa shape index (κ1) is 20.0. The van der Waals surface area contributed by atoms with Gasteiger partial charge in [0.25, 0.3) is 0 Å². The summed E-state index contributed by atoms with van der Waals surface area (Å²) in [6.07, 6.45) is 1.64. The first-order valence-corrected chi connectivity index (χ1v) is 14.2. The molecule has 0 aliphatic heterocycles. The first-order valence-electron chi connectivity index (χ1n) is 6.43. The Balaban J connectivity index is 0.00000116. The zero-order valence-corrected chi connectivity index (χ0v) is 18.0. The van der Waals surface area contributed by atoms with Crippen LogP contribution in [-0.4, -0.2) is 50.4 Å². The van der Waals surface area contributed by atoms with Gasteiger partial charge in [-0.2, -0.15) is 4.31 Å². The number of aromatic nitrogens is 1. The van der Waals surface area contributed by atoms with Crippen LogP contribution in [0.15, 0.2) is 35.4 Å². The van der Waals surface area contributed by atoms with E-state index in [1.165, 1.54) is 4.31 Å². The van der Waals surface area contributed by atoms with Crippen molar-refractivity contribution < 1.29 is 8.42 Å². The number of pyridine rings is 1. The summed E-state index contributed by atoms with van der Waals surface area (Å²) < 4.78 is 26.7. The fourth-order valence-electron chi connectivity index (χ4n) is 2.19. The number of hydrogen-bond donors (Lipinski definition) is 0. The number of hydrogen-bond acceptors (Lipinski definition) is 4. The van der Waals surface area contributed by atoms with Crippen LogP contribution in [0.2, 0.25) is 0 Å². The van der Waals surface area contributed by atoms with Crippen LogP contribution >= 0.6 is 37.2 Å². The van der Waals surface area contributed by atoms with Gasteiger partial charge in [-0.1, -0.05) is 12.1 Å². The summed E-state index contributed by atoms with van der Waals surface area (Å²) in [4.78, 5) is 6.35. The van der Waals surface area contributed by atoms with Gasteiger partial charge in [-0.3, -0.25) is 9.88 Å². The van der Waals surface area contributed by atoms with Gasteiger partial charge < -0.3 is 0 Å². The molecule has 0 atom stereocenters. The standard InChI is InChI=1S/C14H19N3O2S.I2/c1-11-12-6-5-7-14(13(12)8-9-15-11)20(18,19)17(4)10-16(2)3;1-2/h5-9H,10H2,1-4H3;. The van der Waals surface area contributed by atoms with E-state index in [0.717, 1.165) is 11.1 Å². The maximum Gasteiger partial charge on any atom is 0.244 e. The Labute approximate surface area is 155 Å². The summed E-state index contributed by atoms with van der Waals surface area (Å²) >= 11 is 4.24. The van der Waals surface area contributed by atoms with Crippen molar-refractivity contribution in [1.82, 2.24) is 14.2 Å². The zero-order chi connectivity index (χ0) is 16.9. The quantitative estimate of drug-likeness (QED) is 0.435. The maximum absolute atomic E-state index is 12.7. The SMILES string of the molecule is Cc1nccc2c(S(=O)(=O)N(C)CN(C)C)cccc12.II. The zero-order valence-electron chi connectivity index (χ0n) is 12.9. The van der Waals surface area contributed by atoms with E-state index in [1.807, 2.05) is 32.0 Å². The molecule has 1 heterocycles. The van der Waals surface area contributed by atoms with E-state index in [9.17, 15) is 8.42 Å². The Morgan fingerprint density at radius 3 is 2.32 bits per heavy atom. The van der Waals surface area contributed by atoms with Gasteiger partial charge in [0.1, 0.15) is 0 Å². The Hall–Kier alpha value is -0.0400. The van der Waals surface area contributed by atoms with Gasteiger partial charge in [0, 0.05) is 66.9 Å².